The Bertz CT molecular complexity index is 490. The quantitative estimate of drug-likeness (QED) is 0.263. The zero-order chi connectivity index (χ0) is 20.7. The maximum absolute atomic E-state index is 11.6. The van der Waals surface area contributed by atoms with Gasteiger partial charge in [0.2, 0.25) is 0 Å². The van der Waals surface area contributed by atoms with E-state index in [-0.39, 0.29) is 30.0 Å². The van der Waals surface area contributed by atoms with Gasteiger partial charge in [-0.25, -0.2) is 0 Å². The standard InChI is InChI=1S/C22H40O4Si/c1-8-17(6)19(26-27(10-3,11-4)12-5)13-14-22(7,24)16-20-18(9-2)15-21(23)25-20/h8-9,17-20,24H,1-2,10-16H2,3-7H3/t17-,18-,19+,20-,22+/m1/s1. The van der Waals surface area contributed by atoms with Crippen LogP contribution in [0.15, 0.2) is 25.3 Å². The number of hydrogen-bond donors (Lipinski definition) is 1. The lowest BCUT2D eigenvalue weighted by Crippen LogP contribution is -2.43. The van der Waals surface area contributed by atoms with Crippen LogP contribution in [0.1, 0.15) is 60.3 Å². The molecule has 27 heavy (non-hydrogen) atoms. The van der Waals surface area contributed by atoms with Crippen LogP contribution in [0, 0.1) is 11.8 Å². The SMILES string of the molecule is C=C[C@@H](C)[C@H](CC[C@](C)(O)C[C@H]1OC(=O)C[C@H]1C=C)O[Si](CC)(CC)CC. The molecule has 0 amide bonds. The Balaban J connectivity index is 2.76. The molecule has 1 N–H and O–H groups in total. The van der Waals surface area contributed by atoms with E-state index in [1.54, 1.807) is 6.08 Å². The summed E-state index contributed by atoms with van der Waals surface area (Å²) in [4.78, 5) is 11.6. The fourth-order valence-electron chi connectivity index (χ4n) is 3.95. The summed E-state index contributed by atoms with van der Waals surface area (Å²) in [6.07, 6.45) is 5.68. The lowest BCUT2D eigenvalue weighted by Gasteiger charge is -2.37. The minimum atomic E-state index is -1.73. The van der Waals surface area contributed by atoms with Gasteiger partial charge in [0.05, 0.1) is 18.1 Å². The van der Waals surface area contributed by atoms with Gasteiger partial charge >= 0.3 is 5.97 Å². The van der Waals surface area contributed by atoms with Crippen LogP contribution in [-0.2, 0) is 14.0 Å². The Labute approximate surface area is 167 Å². The van der Waals surface area contributed by atoms with Gasteiger partial charge in [-0.3, -0.25) is 4.79 Å². The summed E-state index contributed by atoms with van der Waals surface area (Å²) in [6.45, 7) is 18.4. The van der Waals surface area contributed by atoms with Gasteiger partial charge < -0.3 is 14.3 Å². The van der Waals surface area contributed by atoms with Gasteiger partial charge in [0, 0.05) is 12.3 Å². The first kappa shape index (κ1) is 24.1. The Morgan fingerprint density at radius 3 is 2.41 bits per heavy atom. The topological polar surface area (TPSA) is 55.8 Å². The number of ether oxygens (including phenoxy) is 1. The molecule has 0 radical (unpaired) electrons. The van der Waals surface area contributed by atoms with Crippen molar-refractivity contribution in [3.8, 4) is 0 Å². The van der Waals surface area contributed by atoms with Gasteiger partial charge in [-0.05, 0) is 43.8 Å². The van der Waals surface area contributed by atoms with E-state index in [4.69, 9.17) is 9.16 Å². The molecule has 0 unspecified atom stereocenters. The maximum atomic E-state index is 11.6. The van der Waals surface area contributed by atoms with Crippen molar-refractivity contribution < 1.29 is 19.1 Å². The summed E-state index contributed by atoms with van der Waals surface area (Å²) < 4.78 is 12.1. The molecule has 0 bridgehead atoms. The van der Waals surface area contributed by atoms with Gasteiger partial charge in [-0.1, -0.05) is 39.8 Å². The van der Waals surface area contributed by atoms with Crippen LogP contribution in [0.2, 0.25) is 18.1 Å². The minimum Gasteiger partial charge on any atom is -0.462 e. The molecule has 0 aromatic carbocycles. The average Bonchev–Trinajstić information content (AvgIpc) is 3.00. The molecular formula is C22H40O4Si. The van der Waals surface area contributed by atoms with Gasteiger partial charge in [-0.2, -0.15) is 0 Å². The van der Waals surface area contributed by atoms with E-state index in [1.807, 2.05) is 13.0 Å². The number of rotatable bonds is 13. The molecule has 156 valence electrons. The highest BCUT2D eigenvalue weighted by Crippen LogP contribution is 2.34. The Hall–Kier alpha value is -0.913. The highest BCUT2D eigenvalue weighted by atomic mass is 28.4. The molecule has 4 nitrogen and oxygen atoms in total. The molecule has 5 heteroatoms. The van der Waals surface area contributed by atoms with Gasteiger partial charge in [0.15, 0.2) is 8.32 Å². The predicted molar refractivity (Wildman–Crippen MR) is 114 cm³/mol. The van der Waals surface area contributed by atoms with Crippen molar-refractivity contribution in [1.82, 2.24) is 0 Å². The van der Waals surface area contributed by atoms with Crippen molar-refractivity contribution in [2.45, 2.75) is 96.2 Å². The van der Waals surface area contributed by atoms with Crippen LogP contribution in [-0.4, -0.2) is 37.2 Å². The van der Waals surface area contributed by atoms with Crippen molar-refractivity contribution in [3.05, 3.63) is 25.3 Å². The van der Waals surface area contributed by atoms with Crippen molar-refractivity contribution in [2.75, 3.05) is 0 Å². The number of hydrogen-bond acceptors (Lipinski definition) is 4. The van der Waals surface area contributed by atoms with E-state index in [0.717, 1.165) is 24.6 Å². The van der Waals surface area contributed by atoms with E-state index in [2.05, 4.69) is 40.9 Å². The van der Waals surface area contributed by atoms with Crippen molar-refractivity contribution >= 4 is 14.3 Å². The van der Waals surface area contributed by atoms with Gasteiger partial charge in [0.1, 0.15) is 6.10 Å². The molecule has 0 aromatic rings. The summed E-state index contributed by atoms with van der Waals surface area (Å²) in [7, 11) is -1.73. The van der Waals surface area contributed by atoms with Gasteiger partial charge in [-0.15, -0.1) is 13.2 Å². The molecule has 5 atom stereocenters. The number of cyclic esters (lactones) is 1. The molecule has 1 heterocycles. The molecule has 0 aromatic heterocycles. The third kappa shape index (κ3) is 6.88. The molecule has 1 saturated heterocycles. The summed E-state index contributed by atoms with van der Waals surface area (Å²) in [5, 5.41) is 11.0. The number of aliphatic hydroxyl groups is 1. The molecule has 0 aliphatic carbocycles. The fraction of sp³-hybridized carbons (Fsp3) is 0.773. The highest BCUT2D eigenvalue weighted by Gasteiger charge is 2.39. The number of carbonyl (C=O) groups is 1. The van der Waals surface area contributed by atoms with E-state index >= 15 is 0 Å². The van der Waals surface area contributed by atoms with Crippen molar-refractivity contribution in [2.24, 2.45) is 11.8 Å². The maximum Gasteiger partial charge on any atom is 0.306 e. The average molecular weight is 397 g/mol. The van der Waals surface area contributed by atoms with Crippen LogP contribution < -0.4 is 0 Å². The van der Waals surface area contributed by atoms with E-state index in [9.17, 15) is 9.90 Å². The molecule has 1 aliphatic rings. The molecule has 1 fully saturated rings. The second-order valence-electron chi connectivity index (χ2n) is 8.37. The Morgan fingerprint density at radius 2 is 1.93 bits per heavy atom. The zero-order valence-corrected chi connectivity index (χ0v) is 19.0. The second kappa shape index (κ2) is 10.6. The highest BCUT2D eigenvalue weighted by molar-refractivity contribution is 6.73. The predicted octanol–water partition coefficient (Wildman–Crippen LogP) is 5.24. The minimum absolute atomic E-state index is 0.0107. The molecule has 1 aliphatic heterocycles. The first-order chi connectivity index (χ1) is 12.7. The summed E-state index contributed by atoms with van der Waals surface area (Å²) in [5.41, 5.74) is -0.909. The fourth-order valence-corrected chi connectivity index (χ4v) is 6.92. The molecular weight excluding hydrogens is 356 g/mol. The van der Waals surface area contributed by atoms with E-state index in [1.165, 1.54) is 0 Å². The lowest BCUT2D eigenvalue weighted by atomic mass is 9.86. The lowest BCUT2D eigenvalue weighted by molar-refractivity contribution is -0.143. The van der Waals surface area contributed by atoms with Gasteiger partial charge in [0.25, 0.3) is 0 Å². The second-order valence-corrected chi connectivity index (χ2v) is 13.1. The summed E-state index contributed by atoms with van der Waals surface area (Å²) in [6, 6.07) is 3.32. The Morgan fingerprint density at radius 1 is 1.33 bits per heavy atom. The normalized spacial score (nSPS) is 24.7. The first-order valence-electron chi connectivity index (χ1n) is 10.5. The van der Waals surface area contributed by atoms with Crippen molar-refractivity contribution in [1.29, 1.82) is 0 Å². The van der Waals surface area contributed by atoms with E-state index in [0.29, 0.717) is 19.3 Å². The van der Waals surface area contributed by atoms with E-state index < -0.39 is 13.9 Å². The molecule has 0 saturated carbocycles. The third-order valence-electron chi connectivity index (χ3n) is 6.37. The monoisotopic (exact) mass is 396 g/mol. The summed E-state index contributed by atoms with van der Waals surface area (Å²) in [5.74, 6) is 0.0258. The first-order valence-corrected chi connectivity index (χ1v) is 13.0. The molecule has 1 rings (SSSR count). The molecule has 0 spiro atoms. The van der Waals surface area contributed by atoms with Crippen LogP contribution >= 0.6 is 0 Å². The third-order valence-corrected chi connectivity index (χ3v) is 11.0. The van der Waals surface area contributed by atoms with Crippen molar-refractivity contribution in [3.63, 3.8) is 0 Å². The van der Waals surface area contributed by atoms with Crippen LogP contribution in [0.25, 0.3) is 0 Å². The van der Waals surface area contributed by atoms with Crippen LogP contribution in [0.5, 0.6) is 0 Å². The van der Waals surface area contributed by atoms with Crippen LogP contribution in [0.4, 0.5) is 0 Å². The Kier molecular flexibility index (Phi) is 9.46. The largest absolute Gasteiger partial charge is 0.462 e. The number of carbonyl (C=O) groups excluding carboxylic acids is 1. The van der Waals surface area contributed by atoms with Crippen LogP contribution in [0.3, 0.4) is 0 Å². The summed E-state index contributed by atoms with van der Waals surface area (Å²) >= 11 is 0. The zero-order valence-electron chi connectivity index (χ0n) is 18.0. The smallest absolute Gasteiger partial charge is 0.306 e. The number of esters is 1.